The molecule has 0 aromatic carbocycles. The van der Waals surface area contributed by atoms with Crippen molar-refractivity contribution in [3.05, 3.63) is 0 Å². The van der Waals surface area contributed by atoms with Gasteiger partial charge in [0.25, 0.3) is 11.4 Å². The summed E-state index contributed by atoms with van der Waals surface area (Å²) < 4.78 is 22.8. The van der Waals surface area contributed by atoms with Gasteiger partial charge in [-0.3, -0.25) is 9.11 Å². The Balaban J connectivity index is -0.0000000450. The van der Waals surface area contributed by atoms with Crippen LogP contribution in [-0.2, 0) is 11.4 Å². The van der Waals surface area contributed by atoms with Crippen LogP contribution in [-0.4, -0.2) is 18.8 Å². The second-order valence-electron chi connectivity index (χ2n) is 0.231. The average Bonchev–Trinajstić information content (AvgIpc) is 0.811. The first-order chi connectivity index (χ1) is 1.73. The van der Waals surface area contributed by atoms with Crippen molar-refractivity contribution < 1.29 is 18.8 Å². The van der Waals surface area contributed by atoms with Gasteiger partial charge in [0, 0.05) is 0 Å². The van der Waals surface area contributed by atoms with Gasteiger partial charge in [0.1, 0.15) is 0 Å². The van der Waals surface area contributed by atoms with Gasteiger partial charge in [-0.25, -0.2) is 0 Å². The van der Waals surface area contributed by atoms with Crippen molar-refractivity contribution >= 4 is 23.8 Å². The second kappa shape index (κ2) is 9.01. The Morgan fingerprint density at radius 2 is 1.33 bits per heavy atom. The molecule has 4 N–H and O–H groups in total. The van der Waals surface area contributed by atoms with E-state index in [2.05, 4.69) is 0 Å². The van der Waals surface area contributed by atoms with Crippen molar-refractivity contribution in [1.82, 2.24) is 0 Å². The maximum absolute atomic E-state index is 8.67. The molecule has 0 radical (unpaired) electrons. The molecule has 0 bridgehead atoms. The molecule has 0 heterocycles. The number of hydrogen-bond acceptors (Lipinski definition) is 1. The number of rotatable bonds is 0. The van der Waals surface area contributed by atoms with Gasteiger partial charge in [-0.2, -0.15) is 4.21 Å². The second-order valence-corrected chi connectivity index (χ2v) is 0.692. The third-order valence-corrected chi connectivity index (χ3v) is 0. The van der Waals surface area contributed by atoms with Gasteiger partial charge in [0.15, 0.2) is 0 Å². The minimum absolute atomic E-state index is 0. The summed E-state index contributed by atoms with van der Waals surface area (Å²) >= 11 is -2.61. The molecule has 0 atom stereocenters. The quantitative estimate of drug-likeness (QED) is 0.431. The van der Waals surface area contributed by atoms with Crippen LogP contribution in [0.15, 0.2) is 0 Å². The third kappa shape index (κ3) is 465. The lowest BCUT2D eigenvalue weighted by atomic mass is 15.8. The fourth-order valence-corrected chi connectivity index (χ4v) is 0. The lowest BCUT2D eigenvalue weighted by Gasteiger charge is -1.59. The molecule has 0 aromatic heterocycles. The van der Waals surface area contributed by atoms with Crippen LogP contribution in [0.5, 0.6) is 0 Å². The molecule has 0 spiro atoms. The zero-order valence-electron chi connectivity index (χ0n) is 2.62. The van der Waals surface area contributed by atoms with Gasteiger partial charge in [-0.1, -0.05) is 0 Å². The van der Waals surface area contributed by atoms with Crippen LogP contribution in [0.1, 0.15) is 0 Å². The van der Waals surface area contributed by atoms with Crippen molar-refractivity contribution in [2.45, 2.75) is 0 Å². The summed E-state index contributed by atoms with van der Waals surface area (Å²) in [6, 6.07) is 0. The summed E-state index contributed by atoms with van der Waals surface area (Å²) in [4.78, 5) is 0. The van der Waals surface area contributed by atoms with E-state index >= 15 is 0 Å². The predicted molar refractivity (Wildman–Crippen MR) is 24.3 cm³/mol. The Morgan fingerprint density at radius 1 is 1.33 bits per heavy atom. The molecule has 0 fully saturated rings. The Morgan fingerprint density at radius 3 is 1.33 bits per heavy atom. The van der Waals surface area contributed by atoms with Crippen LogP contribution >= 0.6 is 12.4 Å². The average molecular weight is 137 g/mol. The molecule has 6 heteroatoms. The fourth-order valence-electron chi connectivity index (χ4n) is 0. The van der Waals surface area contributed by atoms with Gasteiger partial charge in [-0.05, 0) is 0 Å². The summed E-state index contributed by atoms with van der Waals surface area (Å²) in [5.74, 6) is 0. The summed E-state index contributed by atoms with van der Waals surface area (Å²) in [6.07, 6.45) is 0. The number of hydrogen-bond donors (Lipinski definition) is 2. The van der Waals surface area contributed by atoms with Crippen molar-refractivity contribution in [2.24, 2.45) is 0 Å². The molecule has 0 saturated heterocycles. The standard InChI is InChI=1S/ClH.H2O3S.H2O/c;1-4(2)3;/h1H;(H2,1,2,3);1H2. The Kier molecular flexibility index (Phi) is 24.4. The van der Waals surface area contributed by atoms with E-state index in [0.717, 1.165) is 0 Å². The van der Waals surface area contributed by atoms with Gasteiger partial charge in [0.05, 0.1) is 0 Å². The van der Waals surface area contributed by atoms with Crippen LogP contribution in [0.3, 0.4) is 0 Å². The Bertz CT molecular complexity index is 30.5. The Hall–Kier alpha value is 0.320. The Labute approximate surface area is 43.4 Å². The normalized spacial score (nSPS) is 5.83. The molecule has 42 valence electrons. The minimum atomic E-state index is -2.61. The van der Waals surface area contributed by atoms with E-state index in [0.29, 0.717) is 0 Å². The SMILES string of the molecule is Cl.O.O=S(O)O. The van der Waals surface area contributed by atoms with E-state index in [4.69, 9.17) is 13.3 Å². The highest BCUT2D eigenvalue weighted by molar-refractivity contribution is 7.73. The summed E-state index contributed by atoms with van der Waals surface area (Å²) in [7, 11) is 0. The molecule has 0 aliphatic carbocycles. The third-order valence-electron chi connectivity index (χ3n) is 0. The largest absolute Gasteiger partial charge is 0.412 e. The van der Waals surface area contributed by atoms with Gasteiger partial charge < -0.3 is 5.48 Å². The molecule has 0 aliphatic heterocycles. The van der Waals surface area contributed by atoms with Crippen molar-refractivity contribution in [1.29, 1.82) is 0 Å². The van der Waals surface area contributed by atoms with E-state index in [1.54, 1.807) is 0 Å². The van der Waals surface area contributed by atoms with E-state index in [-0.39, 0.29) is 17.9 Å². The zero-order valence-corrected chi connectivity index (χ0v) is 4.25. The first kappa shape index (κ1) is 16.2. The van der Waals surface area contributed by atoms with Crippen molar-refractivity contribution in [2.75, 3.05) is 0 Å². The topological polar surface area (TPSA) is 89.0 Å². The molecule has 0 aromatic rings. The first-order valence-corrected chi connectivity index (χ1v) is 1.60. The molecular formula is H5ClO4S. The van der Waals surface area contributed by atoms with Crippen LogP contribution in [0.2, 0.25) is 0 Å². The van der Waals surface area contributed by atoms with Crippen molar-refractivity contribution in [3.8, 4) is 0 Å². The first-order valence-electron chi connectivity index (χ1n) is 0.532. The summed E-state index contributed by atoms with van der Waals surface area (Å²) in [5.41, 5.74) is 0. The zero-order chi connectivity index (χ0) is 3.58. The van der Waals surface area contributed by atoms with Gasteiger partial charge >= 0.3 is 0 Å². The van der Waals surface area contributed by atoms with Crippen molar-refractivity contribution in [3.63, 3.8) is 0 Å². The molecule has 0 rings (SSSR count). The van der Waals surface area contributed by atoms with E-state index in [1.165, 1.54) is 0 Å². The molecule has 0 unspecified atom stereocenters. The molecule has 4 nitrogen and oxygen atoms in total. The highest BCUT2D eigenvalue weighted by Crippen LogP contribution is 1.44. The predicted octanol–water partition coefficient (Wildman–Crippen LogP) is -0.722. The van der Waals surface area contributed by atoms with Crippen LogP contribution in [0.4, 0.5) is 0 Å². The van der Waals surface area contributed by atoms with Gasteiger partial charge in [0.2, 0.25) is 0 Å². The maximum atomic E-state index is 8.67. The van der Waals surface area contributed by atoms with Crippen LogP contribution < -0.4 is 0 Å². The smallest absolute Gasteiger partial charge is 0.299 e. The highest BCUT2D eigenvalue weighted by atomic mass is 35.5. The van der Waals surface area contributed by atoms with Crippen LogP contribution in [0, 0.1) is 0 Å². The van der Waals surface area contributed by atoms with Crippen LogP contribution in [0.25, 0.3) is 0 Å². The molecule has 6 heavy (non-hydrogen) atoms. The lowest BCUT2D eigenvalue weighted by molar-refractivity contribution is 0.454. The van der Waals surface area contributed by atoms with E-state index in [9.17, 15) is 0 Å². The molecular weight excluding hydrogens is 132 g/mol. The summed E-state index contributed by atoms with van der Waals surface area (Å²) in [5, 5.41) is 0. The van der Waals surface area contributed by atoms with E-state index in [1.807, 2.05) is 0 Å². The molecule has 0 saturated carbocycles. The lowest BCUT2D eigenvalue weighted by Crippen LogP contribution is -1.74. The summed E-state index contributed by atoms with van der Waals surface area (Å²) in [6.45, 7) is 0. The fraction of sp³-hybridized carbons (Fsp3) is 0. The monoisotopic (exact) mass is 136 g/mol. The highest BCUT2D eigenvalue weighted by Gasteiger charge is 1.62. The molecule has 0 aliphatic rings. The van der Waals surface area contributed by atoms with Gasteiger partial charge in [-0.15, -0.1) is 12.4 Å². The maximum Gasteiger partial charge on any atom is 0.299 e. The number of halogens is 1. The molecule has 0 amide bonds. The van der Waals surface area contributed by atoms with E-state index < -0.39 is 11.4 Å². The minimum Gasteiger partial charge on any atom is -0.412 e.